The highest BCUT2D eigenvalue weighted by Gasteiger charge is 2.11. The van der Waals surface area contributed by atoms with Gasteiger partial charge in [0.15, 0.2) is 0 Å². The molecule has 0 saturated heterocycles. The zero-order valence-electron chi connectivity index (χ0n) is 13.3. The lowest BCUT2D eigenvalue weighted by Gasteiger charge is -2.10. The Kier molecular flexibility index (Phi) is 4.88. The van der Waals surface area contributed by atoms with Crippen LogP contribution in [-0.4, -0.2) is 15.9 Å². The maximum absolute atomic E-state index is 11.1. The first-order valence-electron chi connectivity index (χ1n) is 7.40. The number of primary amides is 1. The van der Waals surface area contributed by atoms with Gasteiger partial charge in [0, 0.05) is 28.0 Å². The number of benzene rings is 2. The lowest BCUT2D eigenvalue weighted by molar-refractivity contribution is 0.100. The molecule has 126 valence electrons. The van der Waals surface area contributed by atoms with E-state index in [1.54, 1.807) is 42.6 Å². The lowest BCUT2D eigenvalue weighted by Crippen LogP contribution is -2.10. The van der Waals surface area contributed by atoms with Crippen molar-refractivity contribution < 1.29 is 4.79 Å². The number of halogens is 2. The third-order valence-electron chi connectivity index (χ3n) is 3.68. The smallest absolute Gasteiger partial charge is 0.248 e. The van der Waals surface area contributed by atoms with Gasteiger partial charge in [0.25, 0.3) is 0 Å². The van der Waals surface area contributed by atoms with Crippen molar-refractivity contribution in [1.82, 2.24) is 9.97 Å². The molecule has 0 saturated carbocycles. The van der Waals surface area contributed by atoms with Crippen LogP contribution in [0.5, 0.6) is 0 Å². The second kappa shape index (κ2) is 7.09. The third kappa shape index (κ3) is 3.73. The Morgan fingerprint density at radius 3 is 2.48 bits per heavy atom. The molecule has 0 radical (unpaired) electrons. The van der Waals surface area contributed by atoms with Crippen LogP contribution in [-0.2, 0) is 0 Å². The van der Waals surface area contributed by atoms with Gasteiger partial charge in [-0.05, 0) is 55.0 Å². The number of nitrogens with two attached hydrogens (primary N) is 1. The Bertz CT molecular complexity index is 942. The van der Waals surface area contributed by atoms with Crippen molar-refractivity contribution in [3.63, 3.8) is 0 Å². The molecule has 5 nitrogen and oxygen atoms in total. The van der Waals surface area contributed by atoms with E-state index in [1.807, 2.05) is 13.0 Å². The maximum Gasteiger partial charge on any atom is 0.248 e. The predicted molar refractivity (Wildman–Crippen MR) is 100 cm³/mol. The summed E-state index contributed by atoms with van der Waals surface area (Å²) in [5.41, 5.74) is 8.66. The van der Waals surface area contributed by atoms with Gasteiger partial charge in [-0.3, -0.25) is 4.79 Å². The summed E-state index contributed by atoms with van der Waals surface area (Å²) in [7, 11) is 0. The summed E-state index contributed by atoms with van der Waals surface area (Å²) >= 11 is 12.5. The second-order valence-electron chi connectivity index (χ2n) is 5.37. The molecule has 0 aliphatic heterocycles. The van der Waals surface area contributed by atoms with Crippen LogP contribution in [0, 0.1) is 6.92 Å². The first-order valence-corrected chi connectivity index (χ1v) is 8.16. The number of hydrogen-bond donors (Lipinski definition) is 2. The minimum absolute atomic E-state index is 0.410. The summed E-state index contributed by atoms with van der Waals surface area (Å²) in [4.78, 5) is 19.8. The van der Waals surface area contributed by atoms with Crippen molar-refractivity contribution >= 4 is 40.7 Å². The number of nitrogens with one attached hydrogen (secondary N) is 1. The molecule has 7 heteroatoms. The lowest BCUT2D eigenvalue weighted by atomic mass is 10.1. The monoisotopic (exact) mass is 372 g/mol. The van der Waals surface area contributed by atoms with Gasteiger partial charge in [-0.2, -0.15) is 0 Å². The molecule has 2 aromatic carbocycles. The van der Waals surface area contributed by atoms with Gasteiger partial charge < -0.3 is 11.1 Å². The van der Waals surface area contributed by atoms with Gasteiger partial charge >= 0.3 is 0 Å². The third-order valence-corrected chi connectivity index (χ3v) is 4.57. The molecule has 0 spiro atoms. The normalized spacial score (nSPS) is 10.5. The highest BCUT2D eigenvalue weighted by Crippen LogP contribution is 2.33. The van der Waals surface area contributed by atoms with Gasteiger partial charge in [-0.25, -0.2) is 9.97 Å². The molecule has 3 N–H and O–H groups in total. The number of hydrogen-bond acceptors (Lipinski definition) is 4. The van der Waals surface area contributed by atoms with Crippen LogP contribution in [0.1, 0.15) is 15.9 Å². The minimum atomic E-state index is -0.474. The molecule has 25 heavy (non-hydrogen) atoms. The van der Waals surface area contributed by atoms with Crippen LogP contribution in [0.3, 0.4) is 0 Å². The Morgan fingerprint density at radius 1 is 1.08 bits per heavy atom. The molecule has 0 atom stereocenters. The quantitative estimate of drug-likeness (QED) is 0.700. The fourth-order valence-corrected chi connectivity index (χ4v) is 2.74. The Labute approximate surface area is 154 Å². The van der Waals surface area contributed by atoms with Gasteiger partial charge in [0.1, 0.15) is 0 Å². The molecule has 3 rings (SSSR count). The van der Waals surface area contributed by atoms with E-state index in [2.05, 4.69) is 15.3 Å². The van der Waals surface area contributed by atoms with Crippen molar-refractivity contribution in [2.75, 3.05) is 5.32 Å². The van der Waals surface area contributed by atoms with Crippen LogP contribution in [0.4, 0.5) is 11.6 Å². The number of carbonyl (C=O) groups is 1. The summed E-state index contributed by atoms with van der Waals surface area (Å²) in [6.07, 6.45) is 1.64. The number of carbonyl (C=O) groups excluding carboxylic acids is 1. The summed E-state index contributed by atoms with van der Waals surface area (Å²) in [5.74, 6) is -0.0643. The van der Waals surface area contributed by atoms with Crippen LogP contribution >= 0.6 is 23.2 Å². The number of anilines is 2. The molecule has 0 unspecified atom stereocenters. The van der Waals surface area contributed by atoms with Crippen molar-refractivity contribution in [2.45, 2.75) is 6.92 Å². The Hall–Kier alpha value is -2.63. The first-order chi connectivity index (χ1) is 12.0. The van der Waals surface area contributed by atoms with Gasteiger partial charge in [-0.15, -0.1) is 0 Å². The molecule has 0 aliphatic rings. The molecule has 1 amide bonds. The molecule has 0 fully saturated rings. The Morgan fingerprint density at radius 2 is 1.80 bits per heavy atom. The fraction of sp³-hybridized carbons (Fsp3) is 0.0556. The van der Waals surface area contributed by atoms with E-state index in [-0.39, 0.29) is 0 Å². The Balaban J connectivity index is 1.89. The number of aromatic nitrogens is 2. The van der Waals surface area contributed by atoms with Crippen molar-refractivity contribution in [3.05, 3.63) is 69.8 Å². The molecule has 3 aromatic rings. The highest BCUT2D eigenvalue weighted by atomic mass is 35.5. The predicted octanol–water partition coefficient (Wildman–Crippen LogP) is 4.60. The summed E-state index contributed by atoms with van der Waals surface area (Å²) in [6.45, 7) is 1.86. The standard InChI is InChI=1S/C18H14Cl2N4O/c1-10-14(19)7-6-13(16(10)20)15-8-9-22-18(24-15)23-12-4-2-11(3-5-12)17(21)25/h2-9H,1H3,(H2,21,25)(H,22,23,24). The average Bonchev–Trinajstić information content (AvgIpc) is 2.60. The topological polar surface area (TPSA) is 80.9 Å². The molecule has 1 heterocycles. The second-order valence-corrected chi connectivity index (χ2v) is 6.15. The van der Waals surface area contributed by atoms with E-state index in [1.165, 1.54) is 0 Å². The van der Waals surface area contributed by atoms with E-state index in [0.717, 1.165) is 16.8 Å². The van der Waals surface area contributed by atoms with Crippen LogP contribution in [0.25, 0.3) is 11.3 Å². The minimum Gasteiger partial charge on any atom is -0.366 e. The number of nitrogens with zero attached hydrogens (tertiary/aromatic N) is 2. The zero-order valence-corrected chi connectivity index (χ0v) is 14.8. The molecular formula is C18H14Cl2N4O. The molecular weight excluding hydrogens is 359 g/mol. The molecule has 0 aliphatic carbocycles. The van der Waals surface area contributed by atoms with Crippen molar-refractivity contribution in [2.24, 2.45) is 5.73 Å². The fourth-order valence-electron chi connectivity index (χ4n) is 2.28. The van der Waals surface area contributed by atoms with E-state index < -0.39 is 5.91 Å². The van der Waals surface area contributed by atoms with E-state index in [9.17, 15) is 4.79 Å². The van der Waals surface area contributed by atoms with E-state index in [4.69, 9.17) is 28.9 Å². The maximum atomic E-state index is 11.1. The van der Waals surface area contributed by atoms with Crippen LogP contribution < -0.4 is 11.1 Å². The van der Waals surface area contributed by atoms with Crippen molar-refractivity contribution in [3.8, 4) is 11.3 Å². The number of amides is 1. The largest absolute Gasteiger partial charge is 0.366 e. The SMILES string of the molecule is Cc1c(Cl)ccc(-c2ccnc(Nc3ccc(C(N)=O)cc3)n2)c1Cl. The summed E-state index contributed by atoms with van der Waals surface area (Å²) in [6, 6.07) is 12.1. The van der Waals surface area contributed by atoms with Gasteiger partial charge in [-0.1, -0.05) is 23.2 Å². The molecule has 1 aromatic heterocycles. The van der Waals surface area contributed by atoms with Gasteiger partial charge in [0.05, 0.1) is 10.7 Å². The van der Waals surface area contributed by atoms with E-state index >= 15 is 0 Å². The summed E-state index contributed by atoms with van der Waals surface area (Å²) in [5, 5.41) is 4.25. The number of rotatable bonds is 4. The van der Waals surface area contributed by atoms with Crippen molar-refractivity contribution in [1.29, 1.82) is 0 Å². The van der Waals surface area contributed by atoms with Gasteiger partial charge in [0.2, 0.25) is 11.9 Å². The average molecular weight is 373 g/mol. The van der Waals surface area contributed by atoms with Crippen LogP contribution in [0.2, 0.25) is 10.0 Å². The van der Waals surface area contributed by atoms with E-state index in [0.29, 0.717) is 27.3 Å². The zero-order chi connectivity index (χ0) is 18.0. The summed E-state index contributed by atoms with van der Waals surface area (Å²) < 4.78 is 0. The molecule has 0 bridgehead atoms. The van der Waals surface area contributed by atoms with Crippen LogP contribution in [0.15, 0.2) is 48.7 Å². The first kappa shape index (κ1) is 17.2. The highest BCUT2D eigenvalue weighted by molar-refractivity contribution is 6.37.